The van der Waals surface area contributed by atoms with Gasteiger partial charge < -0.3 is 14.7 Å². The Morgan fingerprint density at radius 2 is 2.09 bits per heavy atom. The van der Waals surface area contributed by atoms with Gasteiger partial charge in [0.25, 0.3) is 5.91 Å². The number of hydrogen-bond acceptors (Lipinski definition) is 3. The lowest BCUT2D eigenvalue weighted by molar-refractivity contribution is -0.142. The minimum Gasteiger partial charge on any atom is -0.481 e. The Morgan fingerprint density at radius 3 is 2.64 bits per heavy atom. The summed E-state index contributed by atoms with van der Waals surface area (Å²) in [6.45, 7) is 6.22. The van der Waals surface area contributed by atoms with Crippen LogP contribution in [0.2, 0.25) is 0 Å². The number of carbonyl (C=O) groups is 2. The number of halogens is 1. The third kappa shape index (κ3) is 3.61. The summed E-state index contributed by atoms with van der Waals surface area (Å²) in [5.74, 6) is -0.962. The fraction of sp³-hybridized carbons (Fsp3) is 0.500. The molecule has 2 rings (SSSR count). The number of carboxylic acids is 1. The number of aryl methyl sites for hydroxylation is 1. The van der Waals surface area contributed by atoms with Gasteiger partial charge in [0.15, 0.2) is 6.10 Å². The van der Waals surface area contributed by atoms with Gasteiger partial charge in [-0.15, -0.1) is 0 Å². The van der Waals surface area contributed by atoms with Crippen LogP contribution in [0.3, 0.4) is 0 Å². The van der Waals surface area contributed by atoms with Gasteiger partial charge in [0.2, 0.25) is 0 Å². The monoisotopic (exact) mass is 369 g/mol. The second-order valence-corrected chi connectivity index (χ2v) is 6.71. The molecule has 0 radical (unpaired) electrons. The molecule has 1 aliphatic rings. The predicted octanol–water partition coefficient (Wildman–Crippen LogP) is 2.70. The number of rotatable bonds is 4. The Kier molecular flexibility index (Phi) is 5.11. The van der Waals surface area contributed by atoms with E-state index >= 15 is 0 Å². The molecule has 1 saturated heterocycles. The molecule has 3 atom stereocenters. The molecule has 0 bridgehead atoms. The van der Waals surface area contributed by atoms with E-state index in [9.17, 15) is 9.59 Å². The maximum atomic E-state index is 12.4. The zero-order chi connectivity index (χ0) is 16.4. The molecular weight excluding hydrogens is 350 g/mol. The Morgan fingerprint density at radius 1 is 1.41 bits per heavy atom. The zero-order valence-corrected chi connectivity index (χ0v) is 14.5. The van der Waals surface area contributed by atoms with Crippen LogP contribution >= 0.6 is 15.9 Å². The minimum absolute atomic E-state index is 0.0419. The van der Waals surface area contributed by atoms with Crippen LogP contribution in [0.5, 0.6) is 5.75 Å². The van der Waals surface area contributed by atoms with Crippen molar-refractivity contribution in [1.29, 1.82) is 0 Å². The van der Waals surface area contributed by atoms with E-state index < -0.39 is 18.0 Å². The van der Waals surface area contributed by atoms with Crippen LogP contribution in [0.1, 0.15) is 19.4 Å². The summed E-state index contributed by atoms with van der Waals surface area (Å²) in [5.41, 5.74) is 1.09. The van der Waals surface area contributed by atoms with E-state index in [4.69, 9.17) is 9.84 Å². The molecule has 120 valence electrons. The maximum absolute atomic E-state index is 12.4. The summed E-state index contributed by atoms with van der Waals surface area (Å²) in [7, 11) is 0. The van der Waals surface area contributed by atoms with E-state index in [1.807, 2.05) is 32.0 Å². The predicted molar refractivity (Wildman–Crippen MR) is 85.8 cm³/mol. The molecule has 1 N–H and O–H groups in total. The second kappa shape index (κ2) is 6.69. The first-order chi connectivity index (χ1) is 10.3. The molecule has 22 heavy (non-hydrogen) atoms. The number of amides is 1. The highest BCUT2D eigenvalue weighted by Crippen LogP contribution is 2.28. The van der Waals surface area contributed by atoms with E-state index in [1.165, 1.54) is 0 Å². The van der Waals surface area contributed by atoms with E-state index in [0.29, 0.717) is 12.3 Å². The Hall–Kier alpha value is -1.56. The number of hydrogen-bond donors (Lipinski definition) is 1. The number of likely N-dealkylation sites (tertiary alicyclic amines) is 1. The largest absolute Gasteiger partial charge is 0.481 e. The normalized spacial score (nSPS) is 22.5. The average molecular weight is 370 g/mol. The van der Waals surface area contributed by atoms with Gasteiger partial charge in [-0.3, -0.25) is 9.59 Å². The van der Waals surface area contributed by atoms with Gasteiger partial charge in [-0.05, 0) is 53.4 Å². The Labute approximate surface area is 138 Å². The second-order valence-electron chi connectivity index (χ2n) is 5.86. The third-order valence-corrected chi connectivity index (χ3v) is 4.60. The lowest BCUT2D eigenvalue weighted by Gasteiger charge is -2.22. The molecule has 1 fully saturated rings. The van der Waals surface area contributed by atoms with Crippen LogP contribution in [0, 0.1) is 18.8 Å². The first-order valence-corrected chi connectivity index (χ1v) is 8.03. The fourth-order valence-electron chi connectivity index (χ4n) is 2.67. The van der Waals surface area contributed by atoms with E-state index in [1.54, 1.807) is 11.8 Å². The minimum atomic E-state index is -0.849. The van der Waals surface area contributed by atoms with Crippen molar-refractivity contribution in [3.63, 3.8) is 0 Å². The Bertz CT molecular complexity index is 590. The standard InChI is InChI=1S/C16H20BrNO4/c1-9-4-5-14(13(17)6-9)22-11(3)15(19)18-7-10(2)12(8-18)16(20)21/h4-6,10-12H,7-8H2,1-3H3,(H,20,21)/t10-,11?,12-/m1/s1. The number of nitrogens with zero attached hydrogens (tertiary/aromatic N) is 1. The first-order valence-electron chi connectivity index (χ1n) is 7.24. The summed E-state index contributed by atoms with van der Waals surface area (Å²) in [4.78, 5) is 25.2. The van der Waals surface area contributed by atoms with Crippen molar-refractivity contribution in [2.24, 2.45) is 11.8 Å². The smallest absolute Gasteiger partial charge is 0.308 e. The van der Waals surface area contributed by atoms with Crippen molar-refractivity contribution < 1.29 is 19.4 Å². The molecule has 6 heteroatoms. The van der Waals surface area contributed by atoms with Crippen molar-refractivity contribution in [2.75, 3.05) is 13.1 Å². The van der Waals surface area contributed by atoms with Gasteiger partial charge in [-0.1, -0.05) is 13.0 Å². The lowest BCUT2D eigenvalue weighted by Crippen LogP contribution is -2.39. The summed E-state index contributed by atoms with van der Waals surface area (Å²) in [5, 5.41) is 9.14. The van der Waals surface area contributed by atoms with Crippen LogP contribution in [-0.4, -0.2) is 41.1 Å². The molecule has 0 saturated carbocycles. The van der Waals surface area contributed by atoms with Crippen molar-refractivity contribution in [1.82, 2.24) is 4.90 Å². The molecule has 1 unspecified atom stereocenters. The molecule has 1 heterocycles. The van der Waals surface area contributed by atoms with Crippen molar-refractivity contribution >= 4 is 27.8 Å². The van der Waals surface area contributed by atoms with Gasteiger partial charge in [0, 0.05) is 13.1 Å². The summed E-state index contributed by atoms with van der Waals surface area (Å²) < 4.78 is 6.52. The van der Waals surface area contributed by atoms with Gasteiger partial charge in [0.1, 0.15) is 5.75 Å². The number of ether oxygens (including phenoxy) is 1. The van der Waals surface area contributed by atoms with Crippen LogP contribution in [-0.2, 0) is 9.59 Å². The average Bonchev–Trinajstić information content (AvgIpc) is 2.83. The number of carboxylic acid groups (broad SMARTS) is 1. The number of benzene rings is 1. The van der Waals surface area contributed by atoms with Gasteiger partial charge in [-0.2, -0.15) is 0 Å². The summed E-state index contributed by atoms with van der Waals surface area (Å²) >= 11 is 3.42. The van der Waals surface area contributed by atoms with Crippen LogP contribution in [0.4, 0.5) is 0 Å². The van der Waals surface area contributed by atoms with Crippen LogP contribution < -0.4 is 4.74 Å². The quantitative estimate of drug-likeness (QED) is 0.885. The van der Waals surface area contributed by atoms with Gasteiger partial charge in [-0.25, -0.2) is 0 Å². The van der Waals surface area contributed by atoms with Gasteiger partial charge in [0.05, 0.1) is 10.4 Å². The summed E-state index contributed by atoms with van der Waals surface area (Å²) in [6, 6.07) is 5.65. The van der Waals surface area contributed by atoms with E-state index in [0.717, 1.165) is 10.0 Å². The number of carbonyl (C=O) groups excluding carboxylic acids is 1. The topological polar surface area (TPSA) is 66.8 Å². The molecule has 1 aliphatic heterocycles. The summed E-state index contributed by atoms with van der Waals surface area (Å²) in [6.07, 6.45) is -0.654. The molecule has 0 spiro atoms. The van der Waals surface area contributed by atoms with Crippen molar-refractivity contribution in [3.05, 3.63) is 28.2 Å². The molecular formula is C16H20BrNO4. The van der Waals surface area contributed by atoms with Gasteiger partial charge >= 0.3 is 5.97 Å². The SMILES string of the molecule is Cc1ccc(OC(C)C(=O)N2C[C@@H](C)[C@H](C(=O)O)C2)c(Br)c1. The highest BCUT2D eigenvalue weighted by Gasteiger charge is 2.38. The maximum Gasteiger partial charge on any atom is 0.308 e. The number of aliphatic carboxylic acids is 1. The molecule has 1 aromatic carbocycles. The molecule has 5 nitrogen and oxygen atoms in total. The Balaban J connectivity index is 2.02. The zero-order valence-electron chi connectivity index (χ0n) is 12.9. The van der Waals surface area contributed by atoms with E-state index in [2.05, 4.69) is 15.9 Å². The van der Waals surface area contributed by atoms with Crippen LogP contribution in [0.25, 0.3) is 0 Å². The lowest BCUT2D eigenvalue weighted by atomic mass is 9.99. The van der Waals surface area contributed by atoms with Crippen molar-refractivity contribution in [2.45, 2.75) is 26.9 Å². The fourth-order valence-corrected chi connectivity index (χ4v) is 3.25. The van der Waals surface area contributed by atoms with Crippen molar-refractivity contribution in [3.8, 4) is 5.75 Å². The first kappa shape index (κ1) is 16.8. The third-order valence-electron chi connectivity index (χ3n) is 3.98. The van der Waals surface area contributed by atoms with E-state index in [-0.39, 0.29) is 18.4 Å². The highest BCUT2D eigenvalue weighted by molar-refractivity contribution is 9.10. The molecule has 0 aliphatic carbocycles. The molecule has 0 aromatic heterocycles. The highest BCUT2D eigenvalue weighted by atomic mass is 79.9. The van der Waals surface area contributed by atoms with Crippen LogP contribution in [0.15, 0.2) is 22.7 Å². The molecule has 1 aromatic rings. The molecule has 1 amide bonds.